The van der Waals surface area contributed by atoms with E-state index in [4.69, 9.17) is 0 Å². The predicted octanol–water partition coefficient (Wildman–Crippen LogP) is 3.07. The van der Waals surface area contributed by atoms with Gasteiger partial charge in [0, 0.05) is 37.3 Å². The van der Waals surface area contributed by atoms with Crippen LogP contribution in [0.5, 0.6) is 0 Å². The first kappa shape index (κ1) is 32.7. The number of likely N-dealkylation sites (N-methyl/N-ethyl adjacent to an activating group) is 2. The molecule has 4 nitrogen and oxygen atoms in total. The second kappa shape index (κ2) is 15.1. The monoisotopic (exact) mass is 428 g/mol. The molecule has 24 heavy (non-hydrogen) atoms. The second-order valence-corrected chi connectivity index (χ2v) is 6.39. The van der Waals surface area contributed by atoms with Gasteiger partial charge in [0.15, 0.2) is 0 Å². The topological polar surface area (TPSA) is 30.5 Å². The van der Waals surface area contributed by atoms with Gasteiger partial charge in [0.05, 0.1) is 0 Å². The zero-order valence-electron chi connectivity index (χ0n) is 16.2. The third-order valence-electron chi connectivity index (χ3n) is 5.70. The number of halogens is 4. The van der Waals surface area contributed by atoms with Gasteiger partial charge in [-0.05, 0) is 40.0 Å². The van der Waals surface area contributed by atoms with Crippen molar-refractivity contribution >= 4 is 49.6 Å². The van der Waals surface area contributed by atoms with Crippen LogP contribution in [0.4, 0.5) is 0 Å². The Bertz CT molecular complexity index is 248. The lowest BCUT2D eigenvalue weighted by atomic mass is 9.88. The van der Waals surface area contributed by atoms with Gasteiger partial charge in [0.2, 0.25) is 0 Å². The molecular formula is C16H40Cl4N4. The lowest BCUT2D eigenvalue weighted by Crippen LogP contribution is -2.67. The van der Waals surface area contributed by atoms with Gasteiger partial charge >= 0.3 is 0 Å². The van der Waals surface area contributed by atoms with Gasteiger partial charge in [-0.2, -0.15) is 0 Å². The van der Waals surface area contributed by atoms with Gasteiger partial charge in [0.25, 0.3) is 0 Å². The zero-order chi connectivity index (χ0) is 15.2. The van der Waals surface area contributed by atoms with Crippen LogP contribution in [0.3, 0.4) is 0 Å². The van der Waals surface area contributed by atoms with Crippen LogP contribution < -0.4 is 10.6 Å². The standard InChI is InChI=1S/2C8H18N2.4ClH/c2*1-4-8(6-9-7-8)10(3)5-2;;;;/h2*9H,4-7H2,1-3H3;4*1H. The van der Waals surface area contributed by atoms with Crippen LogP contribution in [0.1, 0.15) is 40.5 Å². The fourth-order valence-corrected chi connectivity index (χ4v) is 3.08. The Kier molecular flexibility index (Phi) is 20.5. The average Bonchev–Trinajstić information content (AvgIpc) is 2.37. The van der Waals surface area contributed by atoms with E-state index < -0.39 is 0 Å². The summed E-state index contributed by atoms with van der Waals surface area (Å²) in [7, 11) is 4.43. The second-order valence-electron chi connectivity index (χ2n) is 6.39. The lowest BCUT2D eigenvalue weighted by Gasteiger charge is -2.48. The van der Waals surface area contributed by atoms with E-state index in [1.807, 2.05) is 0 Å². The van der Waals surface area contributed by atoms with Gasteiger partial charge in [0.1, 0.15) is 0 Å². The van der Waals surface area contributed by atoms with E-state index in [0.717, 1.165) is 13.1 Å². The van der Waals surface area contributed by atoms with Gasteiger partial charge in [-0.3, -0.25) is 9.80 Å². The van der Waals surface area contributed by atoms with Gasteiger partial charge < -0.3 is 10.6 Å². The molecule has 2 aliphatic heterocycles. The molecule has 8 heteroatoms. The molecule has 0 amide bonds. The van der Waals surface area contributed by atoms with E-state index >= 15 is 0 Å². The highest BCUT2D eigenvalue weighted by molar-refractivity contribution is 5.86. The molecule has 2 heterocycles. The van der Waals surface area contributed by atoms with E-state index in [1.165, 1.54) is 39.0 Å². The summed E-state index contributed by atoms with van der Waals surface area (Å²) >= 11 is 0. The Morgan fingerprint density at radius 1 is 0.625 bits per heavy atom. The molecule has 2 rings (SSSR count). The first-order valence-electron chi connectivity index (χ1n) is 8.34. The highest BCUT2D eigenvalue weighted by Gasteiger charge is 2.38. The minimum Gasteiger partial charge on any atom is -0.313 e. The average molecular weight is 430 g/mol. The van der Waals surface area contributed by atoms with Crippen molar-refractivity contribution in [2.45, 2.75) is 51.6 Å². The van der Waals surface area contributed by atoms with Crippen LogP contribution >= 0.6 is 49.6 Å². The zero-order valence-corrected chi connectivity index (χ0v) is 19.5. The van der Waals surface area contributed by atoms with Crippen LogP contribution in [0.25, 0.3) is 0 Å². The van der Waals surface area contributed by atoms with Crippen molar-refractivity contribution in [1.82, 2.24) is 20.4 Å². The molecule has 0 saturated carbocycles. The Balaban J connectivity index is -0.000000143. The minimum atomic E-state index is 0. The quantitative estimate of drug-likeness (QED) is 0.679. The van der Waals surface area contributed by atoms with Crippen molar-refractivity contribution in [2.75, 3.05) is 53.4 Å². The van der Waals surface area contributed by atoms with E-state index in [9.17, 15) is 0 Å². The Morgan fingerprint density at radius 2 is 0.875 bits per heavy atom. The van der Waals surface area contributed by atoms with Crippen LogP contribution in [0, 0.1) is 0 Å². The molecular weight excluding hydrogens is 390 g/mol. The lowest BCUT2D eigenvalue weighted by molar-refractivity contribution is 0.0622. The number of hydrogen-bond donors (Lipinski definition) is 2. The highest BCUT2D eigenvalue weighted by Crippen LogP contribution is 2.22. The number of nitrogens with zero attached hydrogens (tertiary/aromatic N) is 2. The molecule has 2 fully saturated rings. The molecule has 2 saturated heterocycles. The van der Waals surface area contributed by atoms with E-state index in [-0.39, 0.29) is 49.6 Å². The van der Waals surface area contributed by atoms with Crippen molar-refractivity contribution in [3.8, 4) is 0 Å². The molecule has 0 aliphatic carbocycles. The number of nitrogens with one attached hydrogen (secondary N) is 2. The molecule has 152 valence electrons. The smallest absolute Gasteiger partial charge is 0.0452 e. The van der Waals surface area contributed by atoms with Crippen LogP contribution in [-0.2, 0) is 0 Å². The largest absolute Gasteiger partial charge is 0.313 e. The van der Waals surface area contributed by atoms with E-state index in [2.05, 4.69) is 62.2 Å². The Labute approximate surface area is 174 Å². The Morgan fingerprint density at radius 3 is 0.917 bits per heavy atom. The maximum absolute atomic E-state index is 3.33. The SMILES string of the molecule is CCN(C)C1(CC)CNC1.CCN(C)C1(CC)CNC1.Cl.Cl.Cl.Cl. The van der Waals surface area contributed by atoms with Gasteiger partial charge in [-0.25, -0.2) is 0 Å². The maximum atomic E-state index is 3.33. The molecule has 2 N–H and O–H groups in total. The van der Waals surface area contributed by atoms with E-state index in [0.29, 0.717) is 11.1 Å². The van der Waals surface area contributed by atoms with Gasteiger partial charge in [-0.15, -0.1) is 49.6 Å². The Hall–Kier alpha value is 1.00. The summed E-state index contributed by atoms with van der Waals surface area (Å²) in [6.07, 6.45) is 2.54. The first-order valence-corrected chi connectivity index (χ1v) is 8.34. The fourth-order valence-electron chi connectivity index (χ4n) is 3.08. The van der Waals surface area contributed by atoms with Crippen molar-refractivity contribution < 1.29 is 0 Å². The maximum Gasteiger partial charge on any atom is 0.0452 e. The van der Waals surface area contributed by atoms with Crippen molar-refractivity contribution in [3.05, 3.63) is 0 Å². The van der Waals surface area contributed by atoms with Crippen LogP contribution in [0.2, 0.25) is 0 Å². The molecule has 0 spiro atoms. The van der Waals surface area contributed by atoms with Crippen LogP contribution in [0.15, 0.2) is 0 Å². The van der Waals surface area contributed by atoms with Crippen molar-refractivity contribution in [3.63, 3.8) is 0 Å². The number of hydrogen-bond acceptors (Lipinski definition) is 4. The third-order valence-corrected chi connectivity index (χ3v) is 5.70. The van der Waals surface area contributed by atoms with Crippen molar-refractivity contribution in [1.29, 1.82) is 0 Å². The minimum absolute atomic E-state index is 0. The summed E-state index contributed by atoms with van der Waals surface area (Å²) in [4.78, 5) is 4.90. The summed E-state index contributed by atoms with van der Waals surface area (Å²) < 4.78 is 0. The molecule has 0 radical (unpaired) electrons. The molecule has 0 bridgehead atoms. The molecule has 0 atom stereocenters. The number of rotatable bonds is 6. The summed E-state index contributed by atoms with van der Waals surface area (Å²) in [6, 6.07) is 0. The first-order chi connectivity index (χ1) is 9.50. The molecule has 0 aromatic rings. The van der Waals surface area contributed by atoms with E-state index in [1.54, 1.807) is 0 Å². The summed E-state index contributed by atoms with van der Waals surface area (Å²) in [5.41, 5.74) is 0.990. The van der Waals surface area contributed by atoms with Crippen LogP contribution in [-0.4, -0.2) is 74.2 Å². The molecule has 2 aliphatic rings. The summed E-state index contributed by atoms with van der Waals surface area (Å²) in [5.74, 6) is 0. The third kappa shape index (κ3) is 7.32. The highest BCUT2D eigenvalue weighted by atomic mass is 35.5. The van der Waals surface area contributed by atoms with Gasteiger partial charge in [-0.1, -0.05) is 27.7 Å². The predicted molar refractivity (Wildman–Crippen MR) is 117 cm³/mol. The summed E-state index contributed by atoms with van der Waals surface area (Å²) in [5, 5.41) is 6.65. The fraction of sp³-hybridized carbons (Fsp3) is 1.00. The normalized spacial score (nSPS) is 19.0. The molecule has 0 aromatic carbocycles. The summed E-state index contributed by atoms with van der Waals surface area (Å²) in [6.45, 7) is 16.0. The van der Waals surface area contributed by atoms with Crippen molar-refractivity contribution in [2.24, 2.45) is 0 Å². The molecule has 0 unspecified atom stereocenters. The molecule has 0 aromatic heterocycles.